The van der Waals surface area contributed by atoms with Crippen LogP contribution in [0.15, 0.2) is 0 Å². The van der Waals surface area contributed by atoms with Gasteiger partial charge in [-0.3, -0.25) is 0 Å². The van der Waals surface area contributed by atoms with Gasteiger partial charge in [0.1, 0.15) is 8.19 Å². The Morgan fingerprint density at radius 2 is 1.50 bits per heavy atom. The molecule has 6 heavy (non-hydrogen) atoms. The molecule has 0 saturated heterocycles. The minimum atomic E-state index is -0.739. The minimum absolute atomic E-state index is 0.739. The van der Waals surface area contributed by atoms with Gasteiger partial charge in [0.05, 0.1) is 0 Å². The molecule has 3 heteroatoms. The van der Waals surface area contributed by atoms with E-state index in [0.717, 1.165) is 8.19 Å². The van der Waals surface area contributed by atoms with E-state index in [1.165, 1.54) is 0 Å². The van der Waals surface area contributed by atoms with Gasteiger partial charge in [0.15, 0.2) is 0 Å². The first-order valence-corrected chi connectivity index (χ1v) is 8.76. The van der Waals surface area contributed by atoms with E-state index >= 15 is 0 Å². The van der Waals surface area contributed by atoms with E-state index in [1.54, 1.807) is 0 Å². The van der Waals surface area contributed by atoms with Gasteiger partial charge in [0, 0.05) is 7.59 Å². The zero-order valence-corrected chi connectivity index (χ0v) is 7.34. The molecule has 0 aliphatic carbocycles. The number of rotatable bonds is 1. The number of hydrogen-bond donors (Lipinski definition) is 1. The van der Waals surface area contributed by atoms with Crippen molar-refractivity contribution in [3.05, 3.63) is 0 Å². The monoisotopic (exact) mass is 134 g/mol. The molecule has 0 nitrogen and oxygen atoms in total. The molecule has 0 fully saturated rings. The largest absolute Gasteiger partial charge is 0.210 e. The fourth-order valence-corrected chi connectivity index (χ4v) is 0. The predicted molar refractivity (Wildman–Crippen MR) is 38.1 cm³/mol. The van der Waals surface area contributed by atoms with E-state index in [2.05, 4.69) is 31.7 Å². The molecule has 0 aromatic heterocycles. The van der Waals surface area contributed by atoms with Crippen LogP contribution >= 0.6 is 12.1 Å². The first kappa shape index (κ1) is 6.78. The van der Waals surface area contributed by atoms with Gasteiger partial charge in [-0.05, 0) is 0 Å². The Bertz CT molecular complexity index is 38.5. The molecule has 0 atom stereocenters. The maximum atomic E-state index is 4.19. The van der Waals surface area contributed by atoms with Crippen molar-refractivity contribution in [2.45, 2.75) is 19.6 Å². The standard InChI is InChI=1S/C3H10SSi2/c1-6(2,3)5-4/h4H,1-3H3. The molecule has 0 aliphatic heterocycles. The van der Waals surface area contributed by atoms with Crippen molar-refractivity contribution in [3.63, 3.8) is 0 Å². The van der Waals surface area contributed by atoms with E-state index < -0.39 is 7.59 Å². The van der Waals surface area contributed by atoms with Crippen LogP contribution in [0.5, 0.6) is 0 Å². The first-order valence-electron chi connectivity index (χ1n) is 1.97. The van der Waals surface area contributed by atoms with Crippen LogP contribution in [-0.2, 0) is 0 Å². The third kappa shape index (κ3) is 4.78. The van der Waals surface area contributed by atoms with Gasteiger partial charge in [-0.1, -0.05) is 19.6 Å². The molecule has 0 aromatic carbocycles. The van der Waals surface area contributed by atoms with E-state index in [4.69, 9.17) is 0 Å². The molecule has 0 rings (SSSR count). The second kappa shape index (κ2) is 2.18. The Balaban J connectivity index is 3.17. The molecule has 0 spiro atoms. The van der Waals surface area contributed by atoms with Crippen molar-refractivity contribution in [1.82, 2.24) is 0 Å². The fourth-order valence-electron chi connectivity index (χ4n) is 0. The molecule has 0 unspecified atom stereocenters. The lowest BCUT2D eigenvalue weighted by Gasteiger charge is -2.07. The summed E-state index contributed by atoms with van der Waals surface area (Å²) >= 11 is 4.19. The second-order valence-corrected chi connectivity index (χ2v) is 14.3. The van der Waals surface area contributed by atoms with E-state index in [-0.39, 0.29) is 0 Å². The molecule has 36 valence electrons. The van der Waals surface area contributed by atoms with Crippen LogP contribution in [-0.4, -0.2) is 15.8 Å². The predicted octanol–water partition coefficient (Wildman–Crippen LogP) is 1.37. The topological polar surface area (TPSA) is 0 Å². The molecule has 2 radical (unpaired) electrons. The van der Waals surface area contributed by atoms with Crippen molar-refractivity contribution in [1.29, 1.82) is 0 Å². The zero-order valence-electron chi connectivity index (χ0n) is 4.45. The van der Waals surface area contributed by atoms with Crippen LogP contribution in [0.4, 0.5) is 0 Å². The van der Waals surface area contributed by atoms with Crippen LogP contribution < -0.4 is 0 Å². The second-order valence-electron chi connectivity index (χ2n) is 2.36. The summed E-state index contributed by atoms with van der Waals surface area (Å²) in [4.78, 5) is 0. The van der Waals surface area contributed by atoms with Gasteiger partial charge in [0.25, 0.3) is 0 Å². The molecule has 0 aromatic rings. The summed E-state index contributed by atoms with van der Waals surface area (Å²) in [7, 11) is 0.161. The van der Waals surface area contributed by atoms with E-state index in [9.17, 15) is 0 Å². The summed E-state index contributed by atoms with van der Waals surface area (Å²) < 4.78 is 0. The molecule has 0 amide bonds. The Labute approximate surface area is 48.0 Å². The maximum Gasteiger partial charge on any atom is 0.106 e. The average Bonchev–Trinajstić information content (AvgIpc) is 1.35. The molecule has 0 N–H and O–H groups in total. The molecule has 0 aliphatic rings. The number of thiol groups is 1. The lowest BCUT2D eigenvalue weighted by molar-refractivity contribution is 1.87. The van der Waals surface area contributed by atoms with Crippen LogP contribution in [0.3, 0.4) is 0 Å². The Hall–Kier alpha value is 0.784. The van der Waals surface area contributed by atoms with Gasteiger partial charge in [0.2, 0.25) is 0 Å². The lowest BCUT2D eigenvalue weighted by atomic mass is 11.8. The average molecular weight is 134 g/mol. The summed E-state index contributed by atoms with van der Waals surface area (Å²) in [6, 6.07) is 0. The highest BCUT2D eigenvalue weighted by Crippen LogP contribution is 1.97. The summed E-state index contributed by atoms with van der Waals surface area (Å²) in [5, 5.41) is 0. The van der Waals surface area contributed by atoms with Crippen molar-refractivity contribution >= 4 is 27.9 Å². The van der Waals surface area contributed by atoms with Crippen molar-refractivity contribution < 1.29 is 0 Å². The van der Waals surface area contributed by atoms with E-state index in [1.807, 2.05) is 0 Å². The Morgan fingerprint density at radius 1 is 1.33 bits per heavy atom. The summed E-state index contributed by atoms with van der Waals surface area (Å²) in [5.41, 5.74) is 0. The third-order valence-electron chi connectivity index (χ3n) is 0.335. The molecule has 0 heterocycles. The molecule has 0 saturated carbocycles. The summed E-state index contributed by atoms with van der Waals surface area (Å²) in [6.07, 6.45) is 0. The van der Waals surface area contributed by atoms with Gasteiger partial charge in [-0.15, -0.1) is 0 Å². The van der Waals surface area contributed by atoms with Gasteiger partial charge >= 0.3 is 0 Å². The fraction of sp³-hybridized carbons (Fsp3) is 1.00. The Morgan fingerprint density at radius 3 is 1.50 bits per heavy atom. The summed E-state index contributed by atoms with van der Waals surface area (Å²) in [6.45, 7) is 6.95. The van der Waals surface area contributed by atoms with Crippen molar-refractivity contribution in [2.75, 3.05) is 0 Å². The third-order valence-corrected chi connectivity index (χ3v) is 9.06. The quantitative estimate of drug-likeness (QED) is 0.406. The van der Waals surface area contributed by atoms with Crippen LogP contribution in [0.1, 0.15) is 0 Å². The van der Waals surface area contributed by atoms with Crippen molar-refractivity contribution in [3.8, 4) is 0 Å². The lowest BCUT2D eigenvalue weighted by Crippen LogP contribution is -2.25. The highest BCUT2D eigenvalue weighted by atomic mass is 32.3. The maximum absolute atomic E-state index is 4.19. The first-order chi connectivity index (χ1) is 2.56. The van der Waals surface area contributed by atoms with E-state index in [0.29, 0.717) is 0 Å². The smallest absolute Gasteiger partial charge is 0.106 e. The SMILES string of the molecule is C[Si](C)(C)[Si]S. The van der Waals surface area contributed by atoms with Gasteiger partial charge in [-0.25, -0.2) is 12.1 Å². The highest BCUT2D eigenvalue weighted by molar-refractivity contribution is 8.14. The molecular formula is C3H10SSi2. The van der Waals surface area contributed by atoms with Gasteiger partial charge < -0.3 is 0 Å². The summed E-state index contributed by atoms with van der Waals surface area (Å²) in [5.74, 6) is 0. The normalized spacial score (nSPS) is 12.0. The van der Waals surface area contributed by atoms with Crippen molar-refractivity contribution in [2.24, 2.45) is 0 Å². The Kier molecular flexibility index (Phi) is 2.47. The molecule has 0 bridgehead atoms. The highest BCUT2D eigenvalue weighted by Gasteiger charge is 2.09. The minimum Gasteiger partial charge on any atom is -0.210 e. The van der Waals surface area contributed by atoms with Crippen LogP contribution in [0, 0.1) is 0 Å². The van der Waals surface area contributed by atoms with Crippen LogP contribution in [0.25, 0.3) is 0 Å². The molecular weight excluding hydrogens is 124 g/mol. The number of hydrogen-bond acceptors (Lipinski definition) is 1. The zero-order chi connectivity index (χ0) is 5.21. The van der Waals surface area contributed by atoms with Crippen LogP contribution in [0.2, 0.25) is 19.6 Å². The van der Waals surface area contributed by atoms with Gasteiger partial charge in [-0.2, -0.15) is 0 Å².